The van der Waals surface area contributed by atoms with E-state index in [4.69, 9.17) is 41.7 Å². The Morgan fingerprint density at radius 1 is 0.515 bits per heavy atom. The number of hydrogen-bond donors (Lipinski definition) is 7. The van der Waals surface area contributed by atoms with Gasteiger partial charge in [-0.3, -0.25) is 44.1 Å². The molecule has 0 bridgehead atoms. The van der Waals surface area contributed by atoms with Gasteiger partial charge in [-0.1, -0.05) is 70.4 Å². The Balaban J connectivity index is 0.000000581. The van der Waals surface area contributed by atoms with Gasteiger partial charge < -0.3 is 41.7 Å². The molecule has 99 heavy (non-hydrogen) atoms. The van der Waals surface area contributed by atoms with Crippen LogP contribution in [0.15, 0.2) is 132 Å². The van der Waals surface area contributed by atoms with Gasteiger partial charge in [-0.25, -0.2) is 24.7 Å². The Morgan fingerprint density at radius 3 is 1.44 bits per heavy atom. The number of aryl methyl sites for hydroxylation is 5. The standard InChI is InChI=1S/C14H19NO3.C11H13NO2S.C11H13NO2.C10H11NO2S.C9H9F3N2.C8H5F3N2O2.C6H7N3/c1-3-12-9-11(2)15-13(10-12)5-4-7-18-8-6-14(16)17;1-3-9-4-8(2)12-10(5-9)6-15-7-11(13)14;1-3-9-6-8(2)12-10(7-9)4-5-11(13)14;1-2-8-3-4-11-9(5-8)6-14-7-10(12)13;1-2-7-3-6(4-13)8(5-14-7)9(10,11)12;1-2-5-12-3-4(7(14)15)6(13-5)8(9,10)11;1-2-6-8-4-3-5(7)9-6/h3,9-10H,1,4-8H2,2H3,(H,16,17);3-5H,1,6-7H2,2H3,(H,13,14);3,6-7H,1,4-5H2,2H3,(H,13,14);2-5H,1,6-7H2,(H,12,13);2-3,5H,1,4,13H2;2-3H,1H2,(H,14,15);2-4H,1H2,(H2,7,8,9). The van der Waals surface area contributed by atoms with E-state index in [1.807, 2.05) is 75.4 Å². The second-order valence-corrected chi connectivity index (χ2v) is 21.7. The van der Waals surface area contributed by atoms with E-state index in [1.165, 1.54) is 35.7 Å². The number of carboxylic acids is 5. The fraction of sp³-hybridized carbons (Fsp3) is 0.246. The highest BCUT2D eigenvalue weighted by Crippen LogP contribution is 2.32. The minimum absolute atomic E-state index is 0.0300. The monoisotopic (exact) mass is 1410 g/mol. The minimum atomic E-state index is -4.82. The number of nitrogen functional groups attached to an aromatic ring is 1. The molecule has 0 amide bonds. The number of anilines is 1. The number of halogens is 6. The van der Waals surface area contributed by atoms with Gasteiger partial charge in [0.15, 0.2) is 17.3 Å². The number of hydrogen-bond acceptors (Lipinski definition) is 19. The molecule has 7 heterocycles. The van der Waals surface area contributed by atoms with Crippen LogP contribution in [-0.2, 0) is 67.2 Å². The highest BCUT2D eigenvalue weighted by molar-refractivity contribution is 7.99. The number of pyridine rings is 5. The number of carboxylic acid groups (broad SMARTS) is 5. The number of thioether (sulfide) groups is 2. The van der Waals surface area contributed by atoms with Gasteiger partial charge in [0.25, 0.3) is 0 Å². The molecule has 0 aliphatic rings. The molecule has 0 aliphatic carbocycles. The molecule has 7 rings (SSSR count). The fourth-order valence-corrected chi connectivity index (χ4v) is 8.70. The molecule has 0 radical (unpaired) electrons. The molecule has 9 N–H and O–H groups in total. The Bertz CT molecular complexity index is 3860. The van der Waals surface area contributed by atoms with E-state index in [0.29, 0.717) is 48.1 Å². The van der Waals surface area contributed by atoms with Gasteiger partial charge >= 0.3 is 42.2 Å². The molecule has 0 aromatic carbocycles. The molecule has 7 aromatic rings. The van der Waals surface area contributed by atoms with Crippen molar-refractivity contribution in [2.45, 2.75) is 83.3 Å². The average molecular weight is 1410 g/mol. The third kappa shape index (κ3) is 38.1. The lowest BCUT2D eigenvalue weighted by atomic mass is 10.1. The van der Waals surface area contributed by atoms with Gasteiger partial charge in [-0.15, -0.1) is 23.5 Å². The summed E-state index contributed by atoms with van der Waals surface area (Å²) in [5.74, 6) is -2.71. The van der Waals surface area contributed by atoms with Crippen LogP contribution in [0.2, 0.25) is 0 Å². The van der Waals surface area contributed by atoms with Crippen LogP contribution < -0.4 is 11.5 Å². The van der Waals surface area contributed by atoms with Crippen molar-refractivity contribution in [1.29, 1.82) is 0 Å². The maximum Gasteiger partial charge on any atom is 0.434 e. The van der Waals surface area contributed by atoms with Gasteiger partial charge in [0, 0.05) is 84.3 Å². The highest BCUT2D eigenvalue weighted by Gasteiger charge is 2.38. The third-order valence-electron chi connectivity index (χ3n) is 11.7. The fourth-order valence-electron chi connectivity index (χ4n) is 7.43. The maximum atomic E-state index is 12.3. The second-order valence-electron chi connectivity index (χ2n) is 19.7. The first kappa shape index (κ1) is 86.5. The summed E-state index contributed by atoms with van der Waals surface area (Å²) in [6.45, 7) is 31.3. The van der Waals surface area contributed by atoms with Gasteiger partial charge in [-0.2, -0.15) is 26.3 Å². The number of aliphatic carboxylic acids is 4. The molecule has 7 aromatic heterocycles. The van der Waals surface area contributed by atoms with Crippen molar-refractivity contribution in [2.24, 2.45) is 5.73 Å². The van der Waals surface area contributed by atoms with E-state index in [0.717, 1.165) is 87.2 Å². The Hall–Kier alpha value is -10.6. The molecule has 0 aliphatic heterocycles. The SMILES string of the molecule is C=Cc1cc(C)nc(CCC(=O)O)c1.C=Cc1cc(C)nc(CCCOCCC(=O)O)c1.C=Cc1cc(C)nc(CSCC(=O)O)c1.C=Cc1cc(CN)c(C(F)(F)F)cn1.C=Cc1ccnc(CSCC(=O)O)c1.C=Cc1ncc(C(=O)O)c(C(F)(F)F)n1.C=Cc1nccc(N)n1. The van der Waals surface area contributed by atoms with Crippen LogP contribution in [0.5, 0.6) is 0 Å². The Morgan fingerprint density at radius 2 is 1.00 bits per heavy atom. The number of carbonyl (C=O) groups is 5. The van der Waals surface area contributed by atoms with Gasteiger partial charge in [0.05, 0.1) is 53.6 Å². The zero-order chi connectivity index (χ0) is 74.7. The highest BCUT2D eigenvalue weighted by atomic mass is 32.2. The summed E-state index contributed by atoms with van der Waals surface area (Å²) in [5.41, 5.74) is 18.2. The van der Waals surface area contributed by atoms with E-state index in [2.05, 4.69) is 90.9 Å². The lowest BCUT2D eigenvalue weighted by Gasteiger charge is -2.11. The molecule has 22 nitrogen and oxygen atoms in total. The summed E-state index contributed by atoms with van der Waals surface area (Å²) in [6, 6.07) is 18.3. The van der Waals surface area contributed by atoms with Crippen molar-refractivity contribution >= 4 is 102 Å². The zero-order valence-electron chi connectivity index (χ0n) is 54.5. The Labute approximate surface area is 577 Å². The van der Waals surface area contributed by atoms with Crippen molar-refractivity contribution < 1.29 is 80.6 Å². The van der Waals surface area contributed by atoms with Crippen molar-refractivity contribution in [2.75, 3.05) is 30.5 Å². The average Bonchev–Trinajstić information content (AvgIpc) is 0.830. The van der Waals surface area contributed by atoms with Gasteiger partial charge in [-0.05, 0) is 140 Å². The van der Waals surface area contributed by atoms with Crippen LogP contribution in [0.1, 0.15) is 126 Å². The van der Waals surface area contributed by atoms with Crippen LogP contribution in [0.4, 0.5) is 32.2 Å². The zero-order valence-corrected chi connectivity index (χ0v) is 56.1. The van der Waals surface area contributed by atoms with Crippen LogP contribution >= 0.6 is 23.5 Å². The summed E-state index contributed by atoms with van der Waals surface area (Å²) >= 11 is 2.68. The number of nitrogens with zero attached hydrogens (tertiary/aromatic N) is 9. The predicted molar refractivity (Wildman–Crippen MR) is 374 cm³/mol. The molecule has 0 unspecified atom stereocenters. The molecule has 30 heteroatoms. The molecule has 0 saturated carbocycles. The summed E-state index contributed by atoms with van der Waals surface area (Å²) < 4.78 is 79.3. The summed E-state index contributed by atoms with van der Waals surface area (Å²) in [7, 11) is 0. The first-order valence-corrected chi connectivity index (χ1v) is 31.4. The molecule has 0 atom stereocenters. The van der Waals surface area contributed by atoms with Gasteiger partial charge in [0.1, 0.15) is 11.4 Å². The largest absolute Gasteiger partial charge is 0.481 e. The first-order valence-electron chi connectivity index (χ1n) is 29.1. The lowest BCUT2D eigenvalue weighted by molar-refractivity contribution is -0.142. The number of rotatable bonds is 27. The summed E-state index contributed by atoms with van der Waals surface area (Å²) in [5, 5.41) is 42.4. The van der Waals surface area contributed by atoms with Gasteiger partial charge in [0.2, 0.25) is 0 Å². The van der Waals surface area contributed by atoms with Crippen LogP contribution in [0, 0.1) is 20.8 Å². The molecule has 0 spiro atoms. The predicted octanol–water partition coefficient (Wildman–Crippen LogP) is 13.6. The van der Waals surface area contributed by atoms with Crippen molar-refractivity contribution in [3.8, 4) is 0 Å². The molecular formula is C69H77F6N11O11S2. The first-order chi connectivity index (χ1) is 46.7. The quantitative estimate of drug-likeness (QED) is 0.0186. The smallest absolute Gasteiger partial charge is 0.434 e. The lowest BCUT2D eigenvalue weighted by Crippen LogP contribution is -2.16. The topological polar surface area (TPSA) is 364 Å². The minimum Gasteiger partial charge on any atom is -0.481 e. The second kappa shape index (κ2) is 46.6. The van der Waals surface area contributed by atoms with E-state index >= 15 is 0 Å². The summed E-state index contributed by atoms with van der Waals surface area (Å²) in [4.78, 5) is 86.5. The molecule has 0 saturated heterocycles. The van der Waals surface area contributed by atoms with Crippen LogP contribution in [0.3, 0.4) is 0 Å². The normalized spacial score (nSPS) is 10.2. The van der Waals surface area contributed by atoms with E-state index in [9.17, 15) is 50.3 Å². The number of alkyl halides is 6. The Kier molecular flexibility index (Phi) is 40.7. The molecular weight excluding hydrogens is 1340 g/mol. The van der Waals surface area contributed by atoms with Crippen molar-refractivity contribution in [3.63, 3.8) is 0 Å². The van der Waals surface area contributed by atoms with E-state index < -0.39 is 59.0 Å². The third-order valence-corrected chi connectivity index (χ3v) is 13.6. The van der Waals surface area contributed by atoms with E-state index in [1.54, 1.807) is 42.8 Å². The van der Waals surface area contributed by atoms with Crippen LogP contribution in [0.25, 0.3) is 42.5 Å². The van der Waals surface area contributed by atoms with Crippen LogP contribution in [-0.4, -0.2) is 125 Å². The number of aromatic carboxylic acids is 1. The van der Waals surface area contributed by atoms with Crippen molar-refractivity contribution in [1.82, 2.24) is 44.9 Å². The maximum absolute atomic E-state index is 12.3. The van der Waals surface area contributed by atoms with Crippen molar-refractivity contribution in [3.05, 3.63) is 233 Å². The summed E-state index contributed by atoms with van der Waals surface area (Å²) in [6.07, 6.45) is 8.75. The molecule has 0 fully saturated rings. The molecule has 528 valence electrons. The number of aromatic nitrogens is 9. The number of ether oxygens (including phenoxy) is 1. The van der Waals surface area contributed by atoms with E-state index in [-0.39, 0.29) is 48.9 Å². The number of nitrogens with two attached hydrogens (primary N) is 2.